The van der Waals surface area contributed by atoms with Gasteiger partial charge in [0.25, 0.3) is 0 Å². The van der Waals surface area contributed by atoms with E-state index in [0.29, 0.717) is 25.7 Å². The zero-order valence-corrected chi connectivity index (χ0v) is 13.6. The maximum atomic E-state index is 10.2. The first-order valence-electron chi connectivity index (χ1n) is 8.81. The number of ether oxygens (including phenoxy) is 2. The minimum absolute atomic E-state index is 0.219. The third-order valence-electron chi connectivity index (χ3n) is 4.91. The fourth-order valence-electron chi connectivity index (χ4n) is 3.49. The van der Waals surface area contributed by atoms with Crippen molar-refractivity contribution in [1.29, 1.82) is 0 Å². The Hall–Kier alpha value is -1.02. The van der Waals surface area contributed by atoms with Crippen LogP contribution in [-0.2, 0) is 22.6 Å². The van der Waals surface area contributed by atoms with Crippen LogP contribution in [0.15, 0.2) is 0 Å². The van der Waals surface area contributed by atoms with Crippen molar-refractivity contribution >= 4 is 0 Å². The van der Waals surface area contributed by atoms with Crippen molar-refractivity contribution in [2.24, 2.45) is 0 Å². The van der Waals surface area contributed by atoms with Crippen molar-refractivity contribution in [3.63, 3.8) is 0 Å². The first kappa shape index (κ1) is 15.5. The van der Waals surface area contributed by atoms with E-state index >= 15 is 0 Å². The van der Waals surface area contributed by atoms with Crippen LogP contribution >= 0.6 is 0 Å². The Bertz CT molecular complexity index is 525. The van der Waals surface area contributed by atoms with Gasteiger partial charge < -0.3 is 19.1 Å². The molecule has 3 heterocycles. The molecule has 0 spiro atoms. The molecule has 1 N–H and O–H groups in total. The molecule has 7 heteroatoms. The van der Waals surface area contributed by atoms with E-state index in [-0.39, 0.29) is 6.10 Å². The summed E-state index contributed by atoms with van der Waals surface area (Å²) in [6.07, 6.45) is 4.45. The topological polar surface area (TPSA) is 72.6 Å². The van der Waals surface area contributed by atoms with E-state index in [4.69, 9.17) is 9.47 Å². The van der Waals surface area contributed by atoms with Crippen LogP contribution in [-0.4, -0.2) is 69.9 Å². The summed E-state index contributed by atoms with van der Waals surface area (Å²) in [7, 11) is 0. The molecule has 2 fully saturated rings. The summed E-state index contributed by atoms with van der Waals surface area (Å²) >= 11 is 0. The first-order valence-corrected chi connectivity index (χ1v) is 8.81. The lowest BCUT2D eigenvalue weighted by Gasteiger charge is -2.29. The second kappa shape index (κ2) is 6.84. The van der Waals surface area contributed by atoms with Gasteiger partial charge in [0.15, 0.2) is 0 Å². The second-order valence-electron chi connectivity index (χ2n) is 6.96. The molecule has 128 valence electrons. The average Bonchev–Trinajstić information content (AvgIpc) is 3.09. The number of aliphatic hydroxyl groups excluding tert-OH is 1. The smallest absolute Gasteiger partial charge is 0.147 e. The molecule has 2 atom stereocenters. The number of rotatable bonds is 7. The Labute approximate surface area is 136 Å². The largest absolute Gasteiger partial charge is 0.389 e. The summed E-state index contributed by atoms with van der Waals surface area (Å²) in [5.41, 5.74) is 0. The Morgan fingerprint density at radius 2 is 2.17 bits per heavy atom. The van der Waals surface area contributed by atoms with Crippen LogP contribution < -0.4 is 0 Å². The normalized spacial score (nSPS) is 26.4. The summed E-state index contributed by atoms with van der Waals surface area (Å²) in [4.78, 5) is 2.24. The lowest BCUT2D eigenvalue weighted by atomic mass is 10.2. The van der Waals surface area contributed by atoms with Crippen molar-refractivity contribution in [2.75, 3.05) is 32.9 Å². The number of hydrogen-bond donors (Lipinski definition) is 1. The minimum atomic E-state index is -0.464. The number of hydrogen-bond acceptors (Lipinski definition) is 6. The molecule has 2 aliphatic heterocycles. The van der Waals surface area contributed by atoms with Gasteiger partial charge in [0, 0.05) is 32.2 Å². The van der Waals surface area contributed by atoms with Crippen LogP contribution in [0.25, 0.3) is 0 Å². The highest BCUT2D eigenvalue weighted by atomic mass is 16.5. The Kier molecular flexibility index (Phi) is 4.61. The van der Waals surface area contributed by atoms with Crippen LogP contribution in [0.1, 0.15) is 43.3 Å². The van der Waals surface area contributed by atoms with E-state index in [1.165, 1.54) is 18.7 Å². The molecule has 0 bridgehead atoms. The number of aromatic nitrogens is 3. The zero-order chi connectivity index (χ0) is 15.6. The van der Waals surface area contributed by atoms with Gasteiger partial charge in [-0.1, -0.05) is 0 Å². The molecule has 1 saturated carbocycles. The molecule has 7 nitrogen and oxygen atoms in total. The van der Waals surface area contributed by atoms with E-state index in [0.717, 1.165) is 44.9 Å². The van der Waals surface area contributed by atoms with Gasteiger partial charge in [-0.2, -0.15) is 0 Å². The average molecular weight is 322 g/mol. The maximum Gasteiger partial charge on any atom is 0.147 e. The van der Waals surface area contributed by atoms with Gasteiger partial charge >= 0.3 is 0 Å². The van der Waals surface area contributed by atoms with Crippen molar-refractivity contribution in [3.05, 3.63) is 11.6 Å². The Balaban J connectivity index is 1.21. The molecule has 0 radical (unpaired) electrons. The number of fused-ring (bicyclic) bond motifs is 1. The maximum absolute atomic E-state index is 10.2. The van der Waals surface area contributed by atoms with E-state index in [1.807, 2.05) is 0 Å². The van der Waals surface area contributed by atoms with E-state index < -0.39 is 6.10 Å². The van der Waals surface area contributed by atoms with Gasteiger partial charge in [-0.3, -0.25) is 4.90 Å². The molecule has 1 saturated heterocycles. The molecule has 0 amide bonds. The summed E-state index contributed by atoms with van der Waals surface area (Å²) in [6, 6.07) is 0. The molecule has 3 aliphatic rings. The SMILES string of the molecule is O[C@@H](COC[C@@H]1CCCO1)CN1CCn2c(nnc2C2CC2)C1. The molecular weight excluding hydrogens is 296 g/mol. The molecule has 4 rings (SSSR count). The van der Waals surface area contributed by atoms with Gasteiger partial charge in [0.05, 0.1) is 32.0 Å². The van der Waals surface area contributed by atoms with Gasteiger partial charge in [-0.25, -0.2) is 0 Å². The molecule has 1 aromatic heterocycles. The number of nitrogens with zero attached hydrogens (tertiary/aromatic N) is 4. The lowest BCUT2D eigenvalue weighted by Crippen LogP contribution is -2.40. The molecular formula is C16H26N4O3. The minimum Gasteiger partial charge on any atom is -0.389 e. The van der Waals surface area contributed by atoms with Gasteiger partial charge in [-0.15, -0.1) is 10.2 Å². The third kappa shape index (κ3) is 3.74. The predicted octanol–water partition coefficient (Wildman–Crippen LogP) is 0.528. The monoisotopic (exact) mass is 322 g/mol. The summed E-state index contributed by atoms with van der Waals surface area (Å²) in [5, 5.41) is 18.9. The van der Waals surface area contributed by atoms with Crippen LogP contribution in [0.2, 0.25) is 0 Å². The van der Waals surface area contributed by atoms with Crippen molar-refractivity contribution in [3.8, 4) is 0 Å². The first-order chi connectivity index (χ1) is 11.3. The fourth-order valence-corrected chi connectivity index (χ4v) is 3.49. The van der Waals surface area contributed by atoms with E-state index in [9.17, 15) is 5.11 Å². The quantitative estimate of drug-likeness (QED) is 0.789. The Morgan fingerprint density at radius 1 is 1.26 bits per heavy atom. The molecule has 23 heavy (non-hydrogen) atoms. The highest BCUT2D eigenvalue weighted by Gasteiger charge is 2.32. The lowest BCUT2D eigenvalue weighted by molar-refractivity contribution is -0.0271. The van der Waals surface area contributed by atoms with Crippen molar-refractivity contribution < 1.29 is 14.6 Å². The molecule has 0 unspecified atom stereocenters. The number of β-amino-alcohol motifs (C(OH)–C–C–N with tert-alkyl or cyclic N) is 1. The summed E-state index contributed by atoms with van der Waals surface area (Å²) in [5.74, 6) is 2.84. The summed E-state index contributed by atoms with van der Waals surface area (Å²) < 4.78 is 13.4. The van der Waals surface area contributed by atoms with Crippen LogP contribution in [0, 0.1) is 0 Å². The number of aliphatic hydroxyl groups is 1. The Morgan fingerprint density at radius 3 is 2.96 bits per heavy atom. The molecule has 0 aromatic carbocycles. The van der Waals surface area contributed by atoms with Crippen LogP contribution in [0.5, 0.6) is 0 Å². The highest BCUT2D eigenvalue weighted by molar-refractivity contribution is 5.09. The second-order valence-corrected chi connectivity index (χ2v) is 6.96. The fraction of sp³-hybridized carbons (Fsp3) is 0.875. The van der Waals surface area contributed by atoms with Gasteiger partial charge in [0.1, 0.15) is 11.6 Å². The van der Waals surface area contributed by atoms with Crippen LogP contribution in [0.3, 0.4) is 0 Å². The van der Waals surface area contributed by atoms with Gasteiger partial charge in [-0.05, 0) is 25.7 Å². The zero-order valence-electron chi connectivity index (χ0n) is 13.6. The standard InChI is InChI=1S/C16H26N4O3/c21-13(10-22-11-14-2-1-7-23-14)8-19-5-6-20-15(9-19)17-18-16(20)12-3-4-12/h12-14,21H,1-11H2/t13-,14+/m1/s1. The third-order valence-corrected chi connectivity index (χ3v) is 4.91. The van der Waals surface area contributed by atoms with Crippen LogP contribution in [0.4, 0.5) is 0 Å². The predicted molar refractivity (Wildman–Crippen MR) is 83.1 cm³/mol. The molecule has 1 aromatic rings. The summed E-state index contributed by atoms with van der Waals surface area (Å²) in [6.45, 7) is 5.06. The highest BCUT2D eigenvalue weighted by Crippen LogP contribution is 2.39. The van der Waals surface area contributed by atoms with Gasteiger partial charge in [0.2, 0.25) is 0 Å². The van der Waals surface area contributed by atoms with Crippen molar-refractivity contribution in [1.82, 2.24) is 19.7 Å². The van der Waals surface area contributed by atoms with E-state index in [1.54, 1.807) is 0 Å². The van der Waals surface area contributed by atoms with E-state index in [2.05, 4.69) is 19.7 Å². The van der Waals surface area contributed by atoms with Crippen molar-refractivity contribution in [2.45, 2.75) is 56.9 Å². The molecule has 1 aliphatic carbocycles.